The first kappa shape index (κ1) is 14.0. The van der Waals surface area contributed by atoms with E-state index in [2.05, 4.69) is 20.8 Å². The third-order valence-electron chi connectivity index (χ3n) is 2.59. The molecule has 96 valence electrons. The van der Waals surface area contributed by atoms with Crippen molar-refractivity contribution in [3.63, 3.8) is 0 Å². The number of hydrogen-bond donors (Lipinski definition) is 2. The highest BCUT2D eigenvalue weighted by atomic mass is 16.5. The lowest BCUT2D eigenvalue weighted by Gasteiger charge is -2.18. The fourth-order valence-electron chi connectivity index (χ4n) is 1.39. The molecule has 1 rings (SSSR count). The van der Waals surface area contributed by atoms with E-state index in [1.54, 1.807) is 12.1 Å². The van der Waals surface area contributed by atoms with Crippen molar-refractivity contribution in [1.29, 1.82) is 0 Å². The number of hydrogen-bond acceptors (Lipinski definition) is 3. The molecule has 0 amide bonds. The number of nitrogen functional groups attached to an aromatic ring is 1. The van der Waals surface area contributed by atoms with E-state index in [4.69, 9.17) is 10.5 Å². The Morgan fingerprint density at radius 3 is 2.35 bits per heavy atom. The fraction of sp³-hybridized carbons (Fsp3) is 0.571. The van der Waals surface area contributed by atoms with Gasteiger partial charge in [0.2, 0.25) is 0 Å². The Morgan fingerprint density at radius 1 is 1.24 bits per heavy atom. The van der Waals surface area contributed by atoms with Crippen LogP contribution in [0, 0.1) is 5.41 Å². The third-order valence-corrected chi connectivity index (χ3v) is 2.59. The van der Waals surface area contributed by atoms with Gasteiger partial charge in [-0.25, -0.2) is 0 Å². The minimum Gasteiger partial charge on any atom is -0.399 e. The standard InChI is InChI=1S/C14H23NO2/c1-14(2,3)8-9-17-10-13(16)11-4-6-12(15)7-5-11/h4-7,13,16H,8-10,15H2,1-3H3. The van der Waals surface area contributed by atoms with E-state index in [1.165, 1.54) is 0 Å². The molecular weight excluding hydrogens is 214 g/mol. The zero-order chi connectivity index (χ0) is 12.9. The van der Waals surface area contributed by atoms with Crippen LogP contribution in [0.25, 0.3) is 0 Å². The molecule has 0 fully saturated rings. The first-order valence-electron chi connectivity index (χ1n) is 6.00. The maximum atomic E-state index is 9.88. The molecule has 0 bridgehead atoms. The minimum absolute atomic E-state index is 0.270. The van der Waals surface area contributed by atoms with Gasteiger partial charge in [-0.3, -0.25) is 0 Å². The molecule has 0 heterocycles. The van der Waals surface area contributed by atoms with E-state index >= 15 is 0 Å². The average Bonchev–Trinajstić information content (AvgIpc) is 2.24. The van der Waals surface area contributed by atoms with Crippen LogP contribution in [0.15, 0.2) is 24.3 Å². The normalized spacial score (nSPS) is 13.6. The Labute approximate surface area is 104 Å². The maximum Gasteiger partial charge on any atom is 0.102 e. The van der Waals surface area contributed by atoms with Crippen molar-refractivity contribution < 1.29 is 9.84 Å². The van der Waals surface area contributed by atoms with E-state index in [-0.39, 0.29) is 5.41 Å². The maximum absolute atomic E-state index is 9.88. The number of benzene rings is 1. The summed E-state index contributed by atoms with van der Waals surface area (Å²) in [6.07, 6.45) is 0.414. The molecule has 17 heavy (non-hydrogen) atoms. The lowest BCUT2D eigenvalue weighted by Crippen LogP contribution is -2.13. The first-order valence-corrected chi connectivity index (χ1v) is 6.00. The Bertz CT molecular complexity index is 327. The van der Waals surface area contributed by atoms with Crippen molar-refractivity contribution in [2.75, 3.05) is 18.9 Å². The van der Waals surface area contributed by atoms with Gasteiger partial charge in [-0.2, -0.15) is 0 Å². The monoisotopic (exact) mass is 237 g/mol. The van der Waals surface area contributed by atoms with E-state index < -0.39 is 6.10 Å². The Balaban J connectivity index is 2.30. The molecule has 3 N–H and O–H groups in total. The summed E-state index contributed by atoms with van der Waals surface area (Å²) in [6, 6.07) is 7.22. The molecular formula is C14H23NO2. The highest BCUT2D eigenvalue weighted by molar-refractivity contribution is 5.39. The molecule has 3 heteroatoms. The molecule has 1 aromatic rings. The molecule has 1 unspecified atom stereocenters. The van der Waals surface area contributed by atoms with Gasteiger partial charge in [0.25, 0.3) is 0 Å². The molecule has 1 atom stereocenters. The molecule has 0 saturated heterocycles. The van der Waals surface area contributed by atoms with Gasteiger partial charge in [0.1, 0.15) is 6.10 Å². The quantitative estimate of drug-likeness (QED) is 0.611. The van der Waals surface area contributed by atoms with Gasteiger partial charge >= 0.3 is 0 Å². The highest BCUT2D eigenvalue weighted by Gasteiger charge is 2.11. The summed E-state index contributed by atoms with van der Waals surface area (Å²) in [6.45, 7) is 7.53. The van der Waals surface area contributed by atoms with Crippen molar-refractivity contribution in [2.45, 2.75) is 33.3 Å². The first-order chi connectivity index (χ1) is 7.88. The second-order valence-electron chi connectivity index (χ2n) is 5.57. The number of rotatable bonds is 5. The van der Waals surface area contributed by atoms with E-state index in [1.807, 2.05) is 12.1 Å². The molecule has 0 radical (unpaired) electrons. The number of nitrogens with two attached hydrogens (primary N) is 1. The van der Waals surface area contributed by atoms with Gasteiger partial charge < -0.3 is 15.6 Å². The number of aliphatic hydroxyl groups is 1. The number of ether oxygens (including phenoxy) is 1. The van der Waals surface area contributed by atoms with Crippen LogP contribution in [0.2, 0.25) is 0 Å². The SMILES string of the molecule is CC(C)(C)CCOCC(O)c1ccc(N)cc1. The van der Waals surface area contributed by atoms with E-state index in [0.717, 1.165) is 12.0 Å². The van der Waals surface area contributed by atoms with Gasteiger partial charge in [-0.15, -0.1) is 0 Å². The van der Waals surface area contributed by atoms with Gasteiger partial charge in [0.05, 0.1) is 6.61 Å². The summed E-state index contributed by atoms with van der Waals surface area (Å²) >= 11 is 0. The van der Waals surface area contributed by atoms with Crippen LogP contribution < -0.4 is 5.73 Å². The van der Waals surface area contributed by atoms with Gasteiger partial charge in [0.15, 0.2) is 0 Å². The van der Waals surface area contributed by atoms with Crippen molar-refractivity contribution in [3.8, 4) is 0 Å². The number of aliphatic hydroxyl groups excluding tert-OH is 1. The van der Waals surface area contributed by atoms with Gasteiger partial charge in [-0.1, -0.05) is 32.9 Å². The van der Waals surface area contributed by atoms with Crippen LogP contribution in [-0.2, 0) is 4.74 Å². The summed E-state index contributed by atoms with van der Waals surface area (Å²) in [5, 5.41) is 9.88. The molecule has 0 saturated carbocycles. The van der Waals surface area contributed by atoms with Crippen molar-refractivity contribution >= 4 is 5.69 Å². The van der Waals surface area contributed by atoms with E-state index in [9.17, 15) is 5.11 Å². The predicted octanol–water partition coefficient (Wildman–Crippen LogP) is 2.75. The van der Waals surface area contributed by atoms with Crippen LogP contribution >= 0.6 is 0 Å². The highest BCUT2D eigenvalue weighted by Crippen LogP contribution is 2.19. The third kappa shape index (κ3) is 5.71. The average molecular weight is 237 g/mol. The predicted molar refractivity (Wildman–Crippen MR) is 70.7 cm³/mol. The lowest BCUT2D eigenvalue weighted by molar-refractivity contribution is 0.0263. The molecule has 3 nitrogen and oxygen atoms in total. The van der Waals surface area contributed by atoms with Crippen molar-refractivity contribution in [2.24, 2.45) is 5.41 Å². The zero-order valence-electron chi connectivity index (χ0n) is 10.9. The second-order valence-corrected chi connectivity index (χ2v) is 5.57. The molecule has 0 spiro atoms. The second kappa shape index (κ2) is 6.03. The van der Waals surface area contributed by atoms with Crippen LogP contribution in [-0.4, -0.2) is 18.3 Å². The van der Waals surface area contributed by atoms with Crippen LogP contribution in [0.4, 0.5) is 5.69 Å². The molecule has 0 aliphatic heterocycles. The van der Waals surface area contributed by atoms with Crippen molar-refractivity contribution in [1.82, 2.24) is 0 Å². The lowest BCUT2D eigenvalue weighted by atomic mass is 9.93. The molecule has 0 aromatic heterocycles. The topological polar surface area (TPSA) is 55.5 Å². The zero-order valence-corrected chi connectivity index (χ0v) is 10.9. The van der Waals surface area contributed by atoms with Crippen molar-refractivity contribution in [3.05, 3.63) is 29.8 Å². The van der Waals surface area contributed by atoms with Gasteiger partial charge in [-0.05, 0) is 29.5 Å². The summed E-state index contributed by atoms with van der Waals surface area (Å²) in [5.41, 5.74) is 7.40. The fourth-order valence-corrected chi connectivity index (χ4v) is 1.39. The summed E-state index contributed by atoms with van der Waals surface area (Å²) in [5.74, 6) is 0. The minimum atomic E-state index is -0.574. The Morgan fingerprint density at radius 2 is 1.82 bits per heavy atom. The van der Waals surface area contributed by atoms with Crippen LogP contribution in [0.5, 0.6) is 0 Å². The van der Waals surface area contributed by atoms with E-state index in [0.29, 0.717) is 18.9 Å². The van der Waals surface area contributed by atoms with Gasteiger partial charge in [0, 0.05) is 12.3 Å². The summed E-state index contributed by atoms with van der Waals surface area (Å²) < 4.78 is 5.47. The van der Waals surface area contributed by atoms with Crippen LogP contribution in [0.1, 0.15) is 38.9 Å². The summed E-state index contributed by atoms with van der Waals surface area (Å²) in [7, 11) is 0. The Hall–Kier alpha value is -1.06. The molecule has 0 aliphatic rings. The smallest absolute Gasteiger partial charge is 0.102 e. The van der Waals surface area contributed by atoms with Crippen LogP contribution in [0.3, 0.4) is 0 Å². The molecule has 1 aromatic carbocycles. The summed E-state index contributed by atoms with van der Waals surface area (Å²) in [4.78, 5) is 0. The molecule has 0 aliphatic carbocycles. The number of anilines is 1. The largest absolute Gasteiger partial charge is 0.399 e. The Kier molecular flexibility index (Phi) is 4.97.